The molecule has 0 saturated carbocycles. The van der Waals surface area contributed by atoms with Crippen LogP contribution in [0.4, 0.5) is 8.78 Å². The summed E-state index contributed by atoms with van der Waals surface area (Å²) >= 11 is 0. The van der Waals surface area contributed by atoms with Gasteiger partial charge < -0.3 is 14.8 Å². The van der Waals surface area contributed by atoms with E-state index in [2.05, 4.69) is 5.32 Å². The van der Waals surface area contributed by atoms with Crippen molar-refractivity contribution in [2.24, 2.45) is 0 Å². The van der Waals surface area contributed by atoms with Gasteiger partial charge >= 0.3 is 0 Å². The standard InChI is InChI=1S/C13H22F2N2O3/c14-12(15)8-17-4-6-19-9-11(17)13(18)16-7-10-3-1-2-5-20-10/h10-12H,1-9H2,(H,16,18)/t10-,11-/m1/s1. The zero-order chi connectivity index (χ0) is 14.4. The third-order valence-corrected chi connectivity index (χ3v) is 3.69. The summed E-state index contributed by atoms with van der Waals surface area (Å²) in [4.78, 5) is 13.6. The van der Waals surface area contributed by atoms with Gasteiger partial charge in [-0.15, -0.1) is 0 Å². The molecular weight excluding hydrogens is 270 g/mol. The summed E-state index contributed by atoms with van der Waals surface area (Å²) in [7, 11) is 0. The second-order valence-electron chi connectivity index (χ2n) is 5.21. The van der Waals surface area contributed by atoms with Crippen LogP contribution in [0.2, 0.25) is 0 Å². The first-order chi connectivity index (χ1) is 9.66. The highest BCUT2D eigenvalue weighted by molar-refractivity contribution is 5.82. The third-order valence-electron chi connectivity index (χ3n) is 3.69. The van der Waals surface area contributed by atoms with Crippen LogP contribution in [-0.2, 0) is 14.3 Å². The van der Waals surface area contributed by atoms with Gasteiger partial charge in [-0.25, -0.2) is 8.78 Å². The molecule has 20 heavy (non-hydrogen) atoms. The molecule has 7 heteroatoms. The van der Waals surface area contributed by atoms with E-state index in [4.69, 9.17) is 9.47 Å². The minimum absolute atomic E-state index is 0.0424. The average molecular weight is 292 g/mol. The molecule has 0 aromatic heterocycles. The molecule has 0 aromatic carbocycles. The van der Waals surface area contributed by atoms with Gasteiger partial charge in [0.05, 0.1) is 25.9 Å². The minimum atomic E-state index is -2.44. The van der Waals surface area contributed by atoms with E-state index in [9.17, 15) is 13.6 Å². The number of carbonyl (C=O) groups excluding carboxylic acids is 1. The molecule has 5 nitrogen and oxygen atoms in total. The Balaban J connectivity index is 1.79. The van der Waals surface area contributed by atoms with Gasteiger partial charge in [-0.1, -0.05) is 0 Å². The van der Waals surface area contributed by atoms with Gasteiger partial charge in [-0.05, 0) is 19.3 Å². The number of halogens is 2. The molecular formula is C13H22F2N2O3. The lowest BCUT2D eigenvalue weighted by Crippen LogP contribution is -2.55. The van der Waals surface area contributed by atoms with Crippen molar-refractivity contribution in [3.8, 4) is 0 Å². The molecule has 2 aliphatic heterocycles. The highest BCUT2D eigenvalue weighted by Crippen LogP contribution is 2.13. The number of morpholine rings is 1. The number of ether oxygens (including phenoxy) is 2. The van der Waals surface area contributed by atoms with Gasteiger partial charge in [0.2, 0.25) is 5.91 Å². The monoisotopic (exact) mass is 292 g/mol. The van der Waals surface area contributed by atoms with E-state index in [0.29, 0.717) is 19.7 Å². The SMILES string of the molecule is O=C(NC[C@H]1CCCCO1)[C@H]1COCCN1CC(F)F. The van der Waals surface area contributed by atoms with Crippen molar-refractivity contribution in [3.05, 3.63) is 0 Å². The normalized spacial score (nSPS) is 28.6. The number of nitrogens with one attached hydrogen (secondary N) is 1. The summed E-state index contributed by atoms with van der Waals surface area (Å²) in [5, 5.41) is 2.79. The number of amides is 1. The number of nitrogens with zero attached hydrogens (tertiary/aromatic N) is 1. The van der Waals surface area contributed by atoms with Crippen molar-refractivity contribution in [3.63, 3.8) is 0 Å². The molecule has 1 amide bonds. The summed E-state index contributed by atoms with van der Waals surface area (Å²) in [6.07, 6.45) is 0.696. The third kappa shape index (κ3) is 4.64. The molecule has 0 spiro atoms. The van der Waals surface area contributed by atoms with E-state index in [-0.39, 0.29) is 25.2 Å². The van der Waals surface area contributed by atoms with E-state index in [1.807, 2.05) is 0 Å². The summed E-state index contributed by atoms with van der Waals surface area (Å²) in [5.74, 6) is -0.250. The zero-order valence-electron chi connectivity index (χ0n) is 11.5. The smallest absolute Gasteiger partial charge is 0.251 e. The molecule has 2 atom stereocenters. The van der Waals surface area contributed by atoms with Gasteiger partial charge in [0.25, 0.3) is 6.43 Å². The highest BCUT2D eigenvalue weighted by atomic mass is 19.3. The first-order valence-corrected chi connectivity index (χ1v) is 7.16. The molecule has 2 rings (SSSR count). The van der Waals surface area contributed by atoms with E-state index in [1.165, 1.54) is 4.90 Å². The van der Waals surface area contributed by atoms with Gasteiger partial charge in [0, 0.05) is 19.7 Å². The molecule has 2 saturated heterocycles. The molecule has 116 valence electrons. The number of hydrogen-bond acceptors (Lipinski definition) is 4. The maximum Gasteiger partial charge on any atom is 0.251 e. The predicted octanol–water partition coefficient (Wildman–Crippen LogP) is 0.638. The van der Waals surface area contributed by atoms with E-state index >= 15 is 0 Å². The molecule has 2 heterocycles. The van der Waals surface area contributed by atoms with Gasteiger partial charge in [-0.2, -0.15) is 0 Å². The van der Waals surface area contributed by atoms with Crippen LogP contribution < -0.4 is 5.32 Å². The van der Waals surface area contributed by atoms with Crippen molar-refractivity contribution in [1.82, 2.24) is 10.2 Å². The minimum Gasteiger partial charge on any atom is -0.378 e. The summed E-state index contributed by atoms with van der Waals surface area (Å²) in [6.45, 7) is 1.71. The van der Waals surface area contributed by atoms with Crippen molar-refractivity contribution >= 4 is 5.91 Å². The maximum absolute atomic E-state index is 12.5. The van der Waals surface area contributed by atoms with Crippen LogP contribution in [0.5, 0.6) is 0 Å². The average Bonchev–Trinajstić information content (AvgIpc) is 2.46. The van der Waals surface area contributed by atoms with E-state index < -0.39 is 12.5 Å². The van der Waals surface area contributed by atoms with E-state index in [1.54, 1.807) is 0 Å². The fourth-order valence-corrected chi connectivity index (χ4v) is 2.58. The Hall–Kier alpha value is -0.790. The molecule has 0 radical (unpaired) electrons. The Bertz CT molecular complexity index is 312. The number of hydrogen-bond donors (Lipinski definition) is 1. The molecule has 0 aliphatic carbocycles. The lowest BCUT2D eigenvalue weighted by atomic mass is 10.1. The van der Waals surface area contributed by atoms with Crippen molar-refractivity contribution in [2.45, 2.75) is 37.8 Å². The Morgan fingerprint density at radius 3 is 2.90 bits per heavy atom. The lowest BCUT2D eigenvalue weighted by molar-refractivity contribution is -0.134. The molecule has 0 unspecified atom stereocenters. The largest absolute Gasteiger partial charge is 0.378 e. The maximum atomic E-state index is 12.5. The fraction of sp³-hybridized carbons (Fsp3) is 0.923. The Labute approximate surface area is 117 Å². The Morgan fingerprint density at radius 2 is 2.20 bits per heavy atom. The molecule has 0 aromatic rings. The summed E-state index contributed by atoms with van der Waals surface area (Å²) in [6, 6.07) is -0.624. The molecule has 2 fully saturated rings. The van der Waals surface area contributed by atoms with Crippen LogP contribution >= 0.6 is 0 Å². The summed E-state index contributed by atoms with van der Waals surface area (Å²) < 4.78 is 35.8. The summed E-state index contributed by atoms with van der Waals surface area (Å²) in [5.41, 5.74) is 0. The number of carbonyl (C=O) groups is 1. The topological polar surface area (TPSA) is 50.8 Å². The van der Waals surface area contributed by atoms with Crippen LogP contribution in [0.1, 0.15) is 19.3 Å². The fourth-order valence-electron chi connectivity index (χ4n) is 2.58. The first kappa shape index (κ1) is 15.6. The van der Waals surface area contributed by atoms with Crippen LogP contribution in [0.25, 0.3) is 0 Å². The van der Waals surface area contributed by atoms with Crippen molar-refractivity contribution in [2.75, 3.05) is 39.5 Å². The van der Waals surface area contributed by atoms with Crippen molar-refractivity contribution in [1.29, 1.82) is 0 Å². The highest BCUT2D eigenvalue weighted by Gasteiger charge is 2.31. The Kier molecular flexibility index (Phi) is 6.12. The van der Waals surface area contributed by atoms with Gasteiger partial charge in [0.15, 0.2) is 0 Å². The Morgan fingerprint density at radius 1 is 1.35 bits per heavy atom. The zero-order valence-corrected chi connectivity index (χ0v) is 11.5. The lowest BCUT2D eigenvalue weighted by Gasteiger charge is -2.34. The second kappa shape index (κ2) is 7.85. The molecule has 2 aliphatic rings. The van der Waals surface area contributed by atoms with Crippen LogP contribution in [0, 0.1) is 0 Å². The second-order valence-corrected chi connectivity index (χ2v) is 5.21. The van der Waals surface area contributed by atoms with Crippen LogP contribution in [0.15, 0.2) is 0 Å². The first-order valence-electron chi connectivity index (χ1n) is 7.16. The predicted molar refractivity (Wildman–Crippen MR) is 68.8 cm³/mol. The van der Waals surface area contributed by atoms with Crippen LogP contribution in [-0.4, -0.2) is 68.8 Å². The van der Waals surface area contributed by atoms with Gasteiger partial charge in [-0.3, -0.25) is 9.69 Å². The number of rotatable bonds is 5. The van der Waals surface area contributed by atoms with Crippen LogP contribution in [0.3, 0.4) is 0 Å². The quantitative estimate of drug-likeness (QED) is 0.808. The number of alkyl halides is 2. The molecule has 1 N–H and O–H groups in total. The van der Waals surface area contributed by atoms with Gasteiger partial charge in [0.1, 0.15) is 6.04 Å². The van der Waals surface area contributed by atoms with E-state index in [0.717, 1.165) is 25.9 Å². The van der Waals surface area contributed by atoms with Crippen molar-refractivity contribution < 1.29 is 23.0 Å². The molecule has 0 bridgehead atoms.